The lowest BCUT2D eigenvalue weighted by molar-refractivity contribution is 0.102. The number of carbonyl (C=O) groups is 1. The summed E-state index contributed by atoms with van der Waals surface area (Å²) < 4.78 is 1.88. The molecule has 6 nitrogen and oxygen atoms in total. The van der Waals surface area contributed by atoms with Gasteiger partial charge in [0.05, 0.1) is 11.9 Å². The van der Waals surface area contributed by atoms with Gasteiger partial charge >= 0.3 is 0 Å². The van der Waals surface area contributed by atoms with Gasteiger partial charge in [0.1, 0.15) is 5.82 Å². The van der Waals surface area contributed by atoms with Crippen LogP contribution in [0.25, 0.3) is 16.9 Å². The Morgan fingerprint density at radius 3 is 2.45 bits per heavy atom. The molecule has 0 aliphatic carbocycles. The van der Waals surface area contributed by atoms with Gasteiger partial charge in [0.2, 0.25) is 0 Å². The van der Waals surface area contributed by atoms with Crippen molar-refractivity contribution in [1.82, 2.24) is 14.6 Å². The topological polar surface area (TPSA) is 71.3 Å². The fraction of sp³-hybridized carbons (Fsp3) is 0.114. The first-order valence-corrected chi connectivity index (χ1v) is 15.5. The van der Waals surface area contributed by atoms with Crippen molar-refractivity contribution in [1.29, 1.82) is 0 Å². The normalized spacial score (nSPS) is 11.3. The third-order valence-corrected chi connectivity index (χ3v) is 8.21. The van der Waals surface area contributed by atoms with E-state index < -0.39 is 0 Å². The van der Waals surface area contributed by atoms with Gasteiger partial charge in [0.15, 0.2) is 5.65 Å². The molecule has 1 amide bonds. The summed E-state index contributed by atoms with van der Waals surface area (Å²) in [5, 5.41) is 12.4. The molecule has 4 aromatic carbocycles. The Kier molecular flexibility index (Phi) is 8.07. The van der Waals surface area contributed by atoms with E-state index in [1.54, 1.807) is 0 Å². The van der Waals surface area contributed by atoms with Gasteiger partial charge in [-0.3, -0.25) is 4.79 Å². The molecule has 2 aromatic heterocycles. The Morgan fingerprint density at radius 2 is 1.62 bits per heavy atom. The maximum absolute atomic E-state index is 13.3. The maximum atomic E-state index is 13.3. The van der Waals surface area contributed by atoms with Crippen molar-refractivity contribution in [2.75, 3.05) is 17.3 Å². The molecule has 0 bridgehead atoms. The summed E-state index contributed by atoms with van der Waals surface area (Å²) in [4.78, 5) is 18.3. The van der Waals surface area contributed by atoms with Gasteiger partial charge in [-0.2, -0.15) is 9.61 Å². The van der Waals surface area contributed by atoms with Crippen LogP contribution < -0.4 is 15.9 Å². The minimum Gasteiger partial charge on any atom is -0.366 e. The molecule has 0 spiro atoms. The second-order valence-electron chi connectivity index (χ2n) is 10.2. The number of hydrogen-bond donors (Lipinski definition) is 2. The number of nitrogens with zero attached hydrogens (tertiary/aromatic N) is 3. The molecule has 6 aromatic rings. The zero-order valence-electron chi connectivity index (χ0n) is 23.6. The average molecular weight is 570 g/mol. The lowest BCUT2D eigenvalue weighted by atomic mass is 9.99. The van der Waals surface area contributed by atoms with E-state index in [0.717, 1.165) is 44.8 Å². The van der Waals surface area contributed by atoms with Crippen LogP contribution in [0.4, 0.5) is 11.5 Å². The highest BCUT2D eigenvalue weighted by atomic mass is 31.1. The predicted molar refractivity (Wildman–Crippen MR) is 174 cm³/mol. The monoisotopic (exact) mass is 569 g/mol. The van der Waals surface area contributed by atoms with Crippen LogP contribution in [0.1, 0.15) is 32.6 Å². The SMILES string of the molecule is CPc1cnn2c(NCc3cccc(NC(=O)c4ccccc4Cc4ccccc4)c3)cc(-c3ccccc3C)nc12. The molecule has 0 fully saturated rings. The number of amides is 1. The smallest absolute Gasteiger partial charge is 0.255 e. The third-order valence-electron chi connectivity index (χ3n) is 7.32. The van der Waals surface area contributed by atoms with Gasteiger partial charge in [-0.05, 0) is 60.5 Å². The van der Waals surface area contributed by atoms with Crippen LogP contribution in [0.5, 0.6) is 0 Å². The molecule has 7 heteroatoms. The van der Waals surface area contributed by atoms with E-state index in [4.69, 9.17) is 4.98 Å². The quantitative estimate of drug-likeness (QED) is 0.182. The van der Waals surface area contributed by atoms with Crippen LogP contribution in [0.3, 0.4) is 0 Å². The van der Waals surface area contributed by atoms with E-state index in [1.165, 1.54) is 11.1 Å². The van der Waals surface area contributed by atoms with Gasteiger partial charge < -0.3 is 10.6 Å². The molecule has 2 heterocycles. The van der Waals surface area contributed by atoms with Crippen molar-refractivity contribution in [2.45, 2.75) is 19.9 Å². The predicted octanol–water partition coefficient (Wildman–Crippen LogP) is 7.09. The average Bonchev–Trinajstić information content (AvgIpc) is 3.44. The molecular weight excluding hydrogens is 537 g/mol. The van der Waals surface area contributed by atoms with Gasteiger partial charge in [-0.1, -0.05) is 93.5 Å². The van der Waals surface area contributed by atoms with Crippen molar-refractivity contribution in [3.63, 3.8) is 0 Å². The van der Waals surface area contributed by atoms with Crippen LogP contribution >= 0.6 is 8.58 Å². The number of benzene rings is 4. The highest BCUT2D eigenvalue weighted by Gasteiger charge is 2.14. The maximum Gasteiger partial charge on any atom is 0.255 e. The van der Waals surface area contributed by atoms with Crippen LogP contribution in [0, 0.1) is 6.92 Å². The molecule has 1 atom stereocenters. The molecule has 1 unspecified atom stereocenters. The highest BCUT2D eigenvalue weighted by Crippen LogP contribution is 2.26. The van der Waals surface area contributed by atoms with E-state index in [1.807, 2.05) is 83.5 Å². The second kappa shape index (κ2) is 12.4. The van der Waals surface area contributed by atoms with Crippen LogP contribution in [0.2, 0.25) is 0 Å². The first kappa shape index (κ1) is 27.4. The Balaban J connectivity index is 1.22. The summed E-state index contributed by atoms with van der Waals surface area (Å²) in [6, 6.07) is 36.3. The number of hydrogen-bond acceptors (Lipinski definition) is 4. The lowest BCUT2D eigenvalue weighted by Crippen LogP contribution is -2.15. The first-order chi connectivity index (χ1) is 20.6. The second-order valence-corrected chi connectivity index (χ2v) is 11.3. The van der Waals surface area contributed by atoms with Gasteiger partial charge in [-0.25, -0.2) is 4.98 Å². The molecule has 2 N–H and O–H groups in total. The first-order valence-electron chi connectivity index (χ1n) is 14.0. The van der Waals surface area contributed by atoms with E-state index in [2.05, 4.69) is 65.7 Å². The Labute approximate surface area is 247 Å². The fourth-order valence-corrected chi connectivity index (χ4v) is 5.70. The molecule has 6 rings (SSSR count). The standard InChI is InChI=1S/C35H32N5OP/c1-24-11-6-8-17-29(24)31-21-33(40-34(39-31)32(42-2)23-37-40)36-22-26-14-10-16-28(20-26)38-35(41)30-18-9-7-15-27(30)19-25-12-4-3-5-13-25/h3-18,20-21,23,36,42H,19,22H2,1-2H3,(H,38,41). The number of fused-ring (bicyclic) bond motifs is 1. The van der Waals surface area contributed by atoms with Crippen LogP contribution in [0.15, 0.2) is 115 Å². The summed E-state index contributed by atoms with van der Waals surface area (Å²) in [7, 11) is 0.591. The highest BCUT2D eigenvalue weighted by molar-refractivity contribution is 7.46. The largest absolute Gasteiger partial charge is 0.366 e. The van der Waals surface area contributed by atoms with E-state index in [0.29, 0.717) is 27.1 Å². The Hall–Kier alpha value is -4.80. The number of anilines is 2. The van der Waals surface area contributed by atoms with E-state index in [9.17, 15) is 4.79 Å². The minimum atomic E-state index is -0.116. The van der Waals surface area contributed by atoms with E-state index in [-0.39, 0.29) is 5.91 Å². The van der Waals surface area contributed by atoms with Crippen molar-refractivity contribution in [3.8, 4) is 11.3 Å². The molecular formula is C35H32N5OP. The van der Waals surface area contributed by atoms with Gasteiger partial charge in [-0.15, -0.1) is 0 Å². The zero-order chi connectivity index (χ0) is 28.9. The number of rotatable bonds is 9. The lowest BCUT2D eigenvalue weighted by Gasteiger charge is -2.14. The summed E-state index contributed by atoms with van der Waals surface area (Å²) in [6.45, 7) is 4.81. The molecule has 0 radical (unpaired) electrons. The molecule has 0 aliphatic heterocycles. The van der Waals surface area contributed by atoms with Crippen LogP contribution in [-0.2, 0) is 13.0 Å². The molecule has 0 saturated carbocycles. The Bertz CT molecular complexity index is 1870. The van der Waals surface area contributed by atoms with Gasteiger partial charge in [0.25, 0.3) is 5.91 Å². The van der Waals surface area contributed by atoms with Crippen molar-refractivity contribution in [2.24, 2.45) is 0 Å². The number of aromatic nitrogens is 3. The molecule has 208 valence electrons. The molecule has 0 saturated heterocycles. The number of nitrogens with one attached hydrogen (secondary N) is 2. The summed E-state index contributed by atoms with van der Waals surface area (Å²) in [5.74, 6) is 0.752. The van der Waals surface area contributed by atoms with Crippen molar-refractivity contribution >= 4 is 36.9 Å². The Morgan fingerprint density at radius 1 is 0.857 bits per heavy atom. The third kappa shape index (κ3) is 5.95. The number of carbonyl (C=O) groups excluding carboxylic acids is 1. The van der Waals surface area contributed by atoms with Gasteiger partial charge in [0, 0.05) is 34.7 Å². The summed E-state index contributed by atoms with van der Waals surface area (Å²) in [5.41, 5.74) is 8.70. The van der Waals surface area contributed by atoms with E-state index >= 15 is 0 Å². The molecule has 42 heavy (non-hydrogen) atoms. The number of aryl methyl sites for hydroxylation is 1. The minimum absolute atomic E-state index is 0.116. The summed E-state index contributed by atoms with van der Waals surface area (Å²) >= 11 is 0. The van der Waals surface area contributed by atoms with Crippen molar-refractivity contribution in [3.05, 3.63) is 143 Å². The van der Waals surface area contributed by atoms with Crippen molar-refractivity contribution < 1.29 is 4.79 Å². The zero-order valence-corrected chi connectivity index (χ0v) is 24.6. The van der Waals surface area contributed by atoms with Crippen LogP contribution in [-0.4, -0.2) is 27.2 Å². The fourth-order valence-electron chi connectivity index (χ4n) is 5.13. The summed E-state index contributed by atoms with van der Waals surface area (Å²) in [6.07, 6.45) is 2.60. The molecule has 0 aliphatic rings.